The number of fused-ring (bicyclic) bond motifs is 2. The lowest BCUT2D eigenvalue weighted by Crippen LogP contribution is -3.00. The van der Waals surface area contributed by atoms with Crippen molar-refractivity contribution in [2.45, 2.75) is 19.3 Å². The molecule has 3 N–H and O–H groups in total. The Hall–Kier alpha value is -0.330. The van der Waals surface area contributed by atoms with Crippen molar-refractivity contribution in [3.05, 3.63) is 40.3 Å². The van der Waals surface area contributed by atoms with Gasteiger partial charge in [-0.1, -0.05) is 18.2 Å². The minimum Gasteiger partial charge on any atom is -1.00 e. The highest BCUT2D eigenvalue weighted by molar-refractivity contribution is 8.17. The van der Waals surface area contributed by atoms with E-state index >= 15 is 0 Å². The number of hydrogen-bond acceptors (Lipinski definition) is 2. The molecule has 1 aliphatic carbocycles. The summed E-state index contributed by atoms with van der Waals surface area (Å²) in [7, 11) is 0. The van der Waals surface area contributed by atoms with E-state index in [0.29, 0.717) is 0 Å². The Morgan fingerprint density at radius 1 is 1.19 bits per heavy atom. The molecular formula is C12H13IN2S+. The van der Waals surface area contributed by atoms with Gasteiger partial charge in [-0.2, -0.15) is 0 Å². The van der Waals surface area contributed by atoms with E-state index in [0.717, 1.165) is 11.6 Å². The number of benzene rings is 1. The molecule has 1 radical (unpaired) electrons. The van der Waals surface area contributed by atoms with Crippen LogP contribution in [0.15, 0.2) is 29.2 Å². The van der Waals surface area contributed by atoms with E-state index in [1.807, 2.05) is 0 Å². The molecule has 0 bridgehead atoms. The van der Waals surface area contributed by atoms with Gasteiger partial charge in [0.15, 0.2) is 0 Å². The average Bonchev–Trinajstić information content (AvgIpc) is 2.52. The van der Waals surface area contributed by atoms with Gasteiger partial charge in [-0.05, 0) is 30.9 Å². The zero-order valence-electron chi connectivity index (χ0n) is 8.87. The Morgan fingerprint density at radius 2 is 2.00 bits per heavy atom. The smallest absolute Gasteiger partial charge is 0.471 e. The zero-order chi connectivity index (χ0) is 10.3. The third kappa shape index (κ3) is 2.06. The van der Waals surface area contributed by atoms with E-state index < -0.39 is 0 Å². The van der Waals surface area contributed by atoms with Crippen molar-refractivity contribution in [2.24, 2.45) is 0 Å². The fraction of sp³-hybridized carbons (Fsp3) is 0.250. The van der Waals surface area contributed by atoms with Crippen LogP contribution in [0.3, 0.4) is 0 Å². The quantitative estimate of drug-likeness (QED) is 0.565. The Balaban J connectivity index is 0.000000963. The van der Waals surface area contributed by atoms with Crippen LogP contribution in [0.25, 0.3) is 5.70 Å². The van der Waals surface area contributed by atoms with Crippen LogP contribution < -0.4 is 34.7 Å². The van der Waals surface area contributed by atoms with Gasteiger partial charge >= 0.3 is 10.9 Å². The lowest BCUT2D eigenvalue weighted by atomic mass is 10.0. The summed E-state index contributed by atoms with van der Waals surface area (Å²) in [4.78, 5) is 5.97. The summed E-state index contributed by atoms with van der Waals surface area (Å²) in [5.41, 5.74) is 7.86. The van der Waals surface area contributed by atoms with Crippen molar-refractivity contribution in [3.63, 3.8) is 0 Å². The summed E-state index contributed by atoms with van der Waals surface area (Å²) < 4.78 is 0. The van der Waals surface area contributed by atoms with Crippen LogP contribution in [0.2, 0.25) is 0 Å². The standard InChI is InChI=1S/C12H12N2S.HI/c13-12-14-11-9-6-2-1-4-8(9)5-3-7-10(11)15-12;/h1-2,4,6H,3,5,7,13H2;1H/q+1;. The molecule has 2 nitrogen and oxygen atoms in total. The van der Waals surface area contributed by atoms with Gasteiger partial charge < -0.3 is 24.0 Å². The second kappa shape index (κ2) is 4.89. The summed E-state index contributed by atoms with van der Waals surface area (Å²) in [6.07, 6.45) is 3.55. The molecular weight excluding hydrogens is 331 g/mol. The number of quaternary nitrogens is 1. The third-order valence-corrected chi connectivity index (χ3v) is 3.83. The van der Waals surface area contributed by atoms with Crippen LogP contribution in [0.4, 0.5) is 0 Å². The topological polar surface area (TPSA) is 41.7 Å². The maximum atomic E-state index is 4.56. The van der Waals surface area contributed by atoms with E-state index in [4.69, 9.17) is 0 Å². The molecule has 0 atom stereocenters. The minimum atomic E-state index is 0. The fourth-order valence-corrected chi connectivity index (χ4v) is 3.11. The van der Waals surface area contributed by atoms with Crippen molar-refractivity contribution >= 4 is 22.6 Å². The van der Waals surface area contributed by atoms with E-state index in [2.05, 4.69) is 35.0 Å². The maximum Gasteiger partial charge on any atom is 0.471 e. The molecule has 83 valence electrons. The van der Waals surface area contributed by atoms with Crippen molar-refractivity contribution < 1.29 is 29.7 Å². The van der Waals surface area contributed by atoms with Crippen LogP contribution >= 0.6 is 11.8 Å². The fourth-order valence-electron chi connectivity index (χ4n) is 2.19. The predicted molar refractivity (Wildman–Crippen MR) is 63.9 cm³/mol. The first-order valence-electron chi connectivity index (χ1n) is 5.24. The third-order valence-electron chi connectivity index (χ3n) is 2.86. The molecule has 0 spiro atoms. The number of nitrogens with zero attached hydrogens (tertiary/aromatic N) is 1. The average molecular weight is 344 g/mol. The molecule has 1 heterocycles. The van der Waals surface area contributed by atoms with Crippen molar-refractivity contribution in [1.82, 2.24) is 4.99 Å². The van der Waals surface area contributed by atoms with Gasteiger partial charge in [0.05, 0.1) is 22.2 Å². The first-order valence-corrected chi connectivity index (χ1v) is 6.06. The maximum absolute atomic E-state index is 4.56. The summed E-state index contributed by atoms with van der Waals surface area (Å²) in [5, 5.41) is 0.941. The molecule has 0 saturated carbocycles. The number of halogens is 1. The van der Waals surface area contributed by atoms with Crippen LogP contribution in [0.5, 0.6) is 0 Å². The van der Waals surface area contributed by atoms with Crippen LogP contribution in [-0.2, 0) is 6.42 Å². The van der Waals surface area contributed by atoms with Crippen molar-refractivity contribution in [2.75, 3.05) is 0 Å². The number of thioether (sulfide) groups is 1. The molecule has 0 aromatic heterocycles. The second-order valence-corrected chi connectivity index (χ2v) is 5.06. The number of amidine groups is 1. The van der Waals surface area contributed by atoms with Crippen LogP contribution in [0, 0.1) is 0 Å². The number of allylic oxidation sites excluding steroid dienone is 1. The van der Waals surface area contributed by atoms with Gasteiger partial charge in [-0.25, -0.2) is 0 Å². The highest BCUT2D eigenvalue weighted by atomic mass is 127. The Morgan fingerprint density at radius 3 is 2.88 bits per heavy atom. The first-order chi connectivity index (χ1) is 7.34. The molecule has 1 aromatic rings. The largest absolute Gasteiger partial charge is 1.00 e. The Labute approximate surface area is 116 Å². The molecule has 3 rings (SSSR count). The zero-order valence-corrected chi connectivity index (χ0v) is 11.8. The first kappa shape index (κ1) is 12.1. The monoisotopic (exact) mass is 344 g/mol. The summed E-state index contributed by atoms with van der Waals surface area (Å²) in [5.74, 6) is 0. The molecule has 0 unspecified atom stereocenters. The molecule has 2 aliphatic rings. The number of rotatable bonds is 0. The van der Waals surface area contributed by atoms with Crippen molar-refractivity contribution in [3.8, 4) is 0 Å². The van der Waals surface area contributed by atoms with Gasteiger partial charge in [-0.15, -0.1) is 0 Å². The Kier molecular flexibility index (Phi) is 3.71. The summed E-state index contributed by atoms with van der Waals surface area (Å²) in [6.45, 7) is 0. The van der Waals surface area contributed by atoms with Gasteiger partial charge in [-0.3, -0.25) is 5.73 Å². The number of aryl methyl sites for hydroxylation is 1. The lowest BCUT2D eigenvalue weighted by molar-refractivity contribution is -0.206. The number of aliphatic imine (C=N–C) groups is 1. The van der Waals surface area contributed by atoms with E-state index in [1.54, 1.807) is 11.8 Å². The van der Waals surface area contributed by atoms with E-state index in [9.17, 15) is 0 Å². The lowest BCUT2D eigenvalue weighted by Gasteiger charge is -1.99. The highest BCUT2D eigenvalue weighted by Crippen LogP contribution is 2.37. The minimum absolute atomic E-state index is 0. The molecule has 0 saturated heterocycles. The van der Waals surface area contributed by atoms with Gasteiger partial charge in [0, 0.05) is 0 Å². The molecule has 1 aliphatic heterocycles. The van der Waals surface area contributed by atoms with Crippen LogP contribution in [-0.4, -0.2) is 5.17 Å². The van der Waals surface area contributed by atoms with Gasteiger partial charge in [0.25, 0.3) is 0 Å². The molecule has 0 amide bonds. The number of hydrogen-bond donors (Lipinski definition) is 1. The summed E-state index contributed by atoms with van der Waals surface area (Å²) in [6, 6.07) is 8.60. The molecule has 4 heteroatoms. The van der Waals surface area contributed by atoms with Gasteiger partial charge in [0.1, 0.15) is 4.99 Å². The molecule has 16 heavy (non-hydrogen) atoms. The van der Waals surface area contributed by atoms with Crippen LogP contribution in [0.1, 0.15) is 24.0 Å². The normalized spacial score (nSPS) is 18.2. The Bertz CT molecular complexity index is 480. The summed E-state index contributed by atoms with van der Waals surface area (Å²) >= 11 is 1.74. The second-order valence-electron chi connectivity index (χ2n) is 3.89. The predicted octanol–water partition coefficient (Wildman–Crippen LogP) is -1.62. The highest BCUT2D eigenvalue weighted by Gasteiger charge is 2.35. The van der Waals surface area contributed by atoms with E-state index in [-0.39, 0.29) is 24.0 Å². The van der Waals surface area contributed by atoms with E-state index in [1.165, 1.54) is 34.6 Å². The van der Waals surface area contributed by atoms with Gasteiger partial charge in [0.2, 0.25) is 0 Å². The molecule has 0 fully saturated rings. The SMILES string of the molecule is [I-].[NH3+]C1=[N+]C2=C(CCCc3ccccc32)S1. The molecule has 1 aromatic carbocycles. The van der Waals surface area contributed by atoms with Crippen molar-refractivity contribution in [1.29, 1.82) is 0 Å².